The average Bonchev–Trinajstić information content (AvgIpc) is 3.56. The number of nitrogens with one attached hydrogen (secondary N) is 1. The van der Waals surface area contributed by atoms with E-state index in [1.165, 1.54) is 38.1 Å². The van der Waals surface area contributed by atoms with Crippen molar-refractivity contribution in [2.75, 3.05) is 19.6 Å². The number of carbonyl (C=O) groups excluding carboxylic acids is 1. The van der Waals surface area contributed by atoms with Crippen LogP contribution in [0.15, 0.2) is 6.20 Å². The molecule has 0 saturated heterocycles. The summed E-state index contributed by atoms with van der Waals surface area (Å²) in [6, 6.07) is 0. The number of amides is 1. The van der Waals surface area contributed by atoms with Gasteiger partial charge in [-0.15, -0.1) is 0 Å². The maximum Gasteiger partial charge on any atom is 0.490 e. The lowest BCUT2D eigenvalue weighted by Gasteiger charge is -2.19. The van der Waals surface area contributed by atoms with Crippen molar-refractivity contribution >= 4 is 11.9 Å². The molecular weight excluding hydrogens is 389 g/mol. The molecule has 0 spiro atoms. The van der Waals surface area contributed by atoms with Crippen molar-refractivity contribution in [3.8, 4) is 0 Å². The molecule has 0 radical (unpaired) electrons. The molecule has 1 amide bonds. The third kappa shape index (κ3) is 7.02. The summed E-state index contributed by atoms with van der Waals surface area (Å²) < 4.78 is 34.1. The van der Waals surface area contributed by atoms with Crippen LogP contribution in [-0.2, 0) is 29.1 Å². The van der Waals surface area contributed by atoms with Gasteiger partial charge in [-0.1, -0.05) is 0 Å². The van der Waals surface area contributed by atoms with Crippen LogP contribution in [0.5, 0.6) is 0 Å². The predicted molar refractivity (Wildman–Crippen MR) is 98.0 cm³/mol. The fourth-order valence-electron chi connectivity index (χ4n) is 3.37. The molecule has 0 aromatic carbocycles. The van der Waals surface area contributed by atoms with Gasteiger partial charge in [0.1, 0.15) is 5.82 Å². The summed E-state index contributed by atoms with van der Waals surface area (Å²) in [5.41, 5.74) is 1.16. The fourth-order valence-corrected chi connectivity index (χ4v) is 3.37. The third-order valence-corrected chi connectivity index (χ3v) is 5.41. The van der Waals surface area contributed by atoms with Gasteiger partial charge >= 0.3 is 12.1 Å². The molecule has 2 saturated carbocycles. The van der Waals surface area contributed by atoms with E-state index in [2.05, 4.69) is 19.8 Å². The normalized spacial score (nSPS) is 19.6. The minimum atomic E-state index is -5.08. The second-order valence-electron chi connectivity index (χ2n) is 8.04. The largest absolute Gasteiger partial charge is 0.490 e. The maximum absolute atomic E-state index is 11.9. The van der Waals surface area contributed by atoms with Gasteiger partial charge in [0.2, 0.25) is 5.91 Å². The number of imidazole rings is 1. The first kappa shape index (κ1) is 21.6. The molecular formula is C19H27F3N4O3. The fraction of sp³-hybridized carbons (Fsp3) is 0.737. The van der Waals surface area contributed by atoms with Gasteiger partial charge in [-0.3, -0.25) is 4.79 Å². The second kappa shape index (κ2) is 9.15. The van der Waals surface area contributed by atoms with E-state index < -0.39 is 12.1 Å². The zero-order chi connectivity index (χ0) is 21.0. The molecule has 2 heterocycles. The van der Waals surface area contributed by atoms with E-state index in [4.69, 9.17) is 9.90 Å². The van der Waals surface area contributed by atoms with Gasteiger partial charge in [-0.25, -0.2) is 9.78 Å². The molecule has 1 aromatic rings. The van der Waals surface area contributed by atoms with E-state index in [1.54, 1.807) is 0 Å². The smallest absolute Gasteiger partial charge is 0.475 e. The highest BCUT2D eigenvalue weighted by atomic mass is 19.4. The van der Waals surface area contributed by atoms with E-state index in [0.717, 1.165) is 37.7 Å². The Hall–Kier alpha value is -2.10. The lowest BCUT2D eigenvalue weighted by molar-refractivity contribution is -0.192. The number of aromatic nitrogens is 2. The number of hydrogen-bond acceptors (Lipinski definition) is 4. The minimum Gasteiger partial charge on any atom is -0.475 e. The molecule has 2 aliphatic carbocycles. The number of fused-ring (bicyclic) bond motifs is 1. The summed E-state index contributed by atoms with van der Waals surface area (Å²) in [6.45, 7) is 5.14. The Bertz CT molecular complexity index is 727. The third-order valence-electron chi connectivity index (χ3n) is 5.41. The number of carboxylic acid groups (broad SMARTS) is 1. The Balaban J connectivity index is 0.000000298. The molecule has 0 bridgehead atoms. The van der Waals surface area contributed by atoms with Crippen molar-refractivity contribution in [1.29, 1.82) is 0 Å². The number of alkyl halides is 3. The van der Waals surface area contributed by atoms with Gasteiger partial charge in [0.15, 0.2) is 0 Å². The first-order valence-corrected chi connectivity index (χ1v) is 10.0. The number of carboxylic acids is 1. The number of aliphatic carboxylic acids is 1. The molecule has 10 heteroatoms. The van der Waals surface area contributed by atoms with Crippen molar-refractivity contribution in [3.05, 3.63) is 17.7 Å². The van der Waals surface area contributed by atoms with E-state index in [9.17, 15) is 18.0 Å². The molecule has 1 aromatic heterocycles. The Morgan fingerprint density at radius 3 is 2.38 bits per heavy atom. The zero-order valence-corrected chi connectivity index (χ0v) is 16.2. The van der Waals surface area contributed by atoms with Gasteiger partial charge in [-0.05, 0) is 37.5 Å². The molecule has 3 aliphatic rings. The Labute approximate surface area is 167 Å². The highest BCUT2D eigenvalue weighted by molar-refractivity contribution is 5.76. The molecule has 2 fully saturated rings. The second-order valence-corrected chi connectivity index (χ2v) is 8.04. The summed E-state index contributed by atoms with van der Waals surface area (Å²) in [5.74, 6) is 0.226. The topological polar surface area (TPSA) is 87.5 Å². The van der Waals surface area contributed by atoms with Crippen LogP contribution in [0.4, 0.5) is 13.2 Å². The Morgan fingerprint density at radius 1 is 1.14 bits per heavy atom. The van der Waals surface area contributed by atoms with Crippen molar-refractivity contribution in [3.63, 3.8) is 0 Å². The van der Waals surface area contributed by atoms with Gasteiger partial charge in [0.05, 0.1) is 18.4 Å². The van der Waals surface area contributed by atoms with E-state index in [1.807, 2.05) is 6.20 Å². The SMILES string of the molecule is O=C(CC1CC1)NCc1cnc2n1CCN(CC1CC1)CC2.O=C(O)C(F)(F)F. The van der Waals surface area contributed by atoms with Gasteiger partial charge in [0.25, 0.3) is 0 Å². The van der Waals surface area contributed by atoms with Crippen LogP contribution >= 0.6 is 0 Å². The predicted octanol–water partition coefficient (Wildman–Crippen LogP) is 2.20. The minimum absolute atomic E-state index is 0.196. The van der Waals surface area contributed by atoms with Gasteiger partial charge < -0.3 is 19.9 Å². The molecule has 0 atom stereocenters. The summed E-state index contributed by atoms with van der Waals surface area (Å²) in [4.78, 5) is 27.9. The summed E-state index contributed by atoms with van der Waals surface area (Å²) in [7, 11) is 0. The summed E-state index contributed by atoms with van der Waals surface area (Å²) in [6.07, 6.45) is 3.89. The van der Waals surface area contributed by atoms with E-state index in [-0.39, 0.29) is 5.91 Å². The molecule has 4 rings (SSSR count). The van der Waals surface area contributed by atoms with Crippen molar-refractivity contribution in [2.24, 2.45) is 11.8 Å². The van der Waals surface area contributed by atoms with Crippen LogP contribution in [-0.4, -0.2) is 57.2 Å². The van der Waals surface area contributed by atoms with Crippen molar-refractivity contribution < 1.29 is 27.9 Å². The number of nitrogens with zero attached hydrogens (tertiary/aromatic N) is 3. The van der Waals surface area contributed by atoms with Crippen LogP contribution in [0.25, 0.3) is 0 Å². The van der Waals surface area contributed by atoms with Crippen LogP contribution in [0.3, 0.4) is 0 Å². The van der Waals surface area contributed by atoms with E-state index >= 15 is 0 Å². The van der Waals surface area contributed by atoms with Crippen LogP contribution in [0, 0.1) is 11.8 Å². The molecule has 162 valence electrons. The molecule has 29 heavy (non-hydrogen) atoms. The Morgan fingerprint density at radius 2 is 1.79 bits per heavy atom. The summed E-state index contributed by atoms with van der Waals surface area (Å²) >= 11 is 0. The molecule has 1 aliphatic heterocycles. The van der Waals surface area contributed by atoms with Gasteiger partial charge in [0, 0.05) is 39.0 Å². The molecule has 7 nitrogen and oxygen atoms in total. The summed E-state index contributed by atoms with van der Waals surface area (Å²) in [5, 5.41) is 10.2. The average molecular weight is 416 g/mol. The number of hydrogen-bond donors (Lipinski definition) is 2. The standard InChI is InChI=1S/C17H26N4O.C2HF3O2/c22-17(9-13-1-2-13)19-11-15-10-18-16-5-6-20(7-8-21(15)16)12-14-3-4-14;3-2(4,5)1(6)7/h10,13-14H,1-9,11-12H2,(H,19,22);(H,6,7). The van der Waals surface area contributed by atoms with Crippen molar-refractivity contribution in [2.45, 2.75) is 57.8 Å². The number of rotatable bonds is 6. The van der Waals surface area contributed by atoms with E-state index in [0.29, 0.717) is 18.9 Å². The number of carbonyl (C=O) groups is 2. The van der Waals surface area contributed by atoms with Crippen LogP contribution in [0.2, 0.25) is 0 Å². The lowest BCUT2D eigenvalue weighted by atomic mass is 10.3. The first-order valence-electron chi connectivity index (χ1n) is 10.0. The zero-order valence-electron chi connectivity index (χ0n) is 16.2. The molecule has 2 N–H and O–H groups in total. The Kier molecular flexibility index (Phi) is 6.81. The lowest BCUT2D eigenvalue weighted by Crippen LogP contribution is -2.29. The highest BCUT2D eigenvalue weighted by Gasteiger charge is 2.38. The highest BCUT2D eigenvalue weighted by Crippen LogP contribution is 2.32. The monoisotopic (exact) mass is 416 g/mol. The van der Waals surface area contributed by atoms with Crippen LogP contribution < -0.4 is 5.32 Å². The molecule has 0 unspecified atom stereocenters. The quantitative estimate of drug-likeness (QED) is 0.743. The van der Waals surface area contributed by atoms with Crippen LogP contribution in [0.1, 0.15) is 43.6 Å². The van der Waals surface area contributed by atoms with Gasteiger partial charge in [-0.2, -0.15) is 13.2 Å². The van der Waals surface area contributed by atoms with Crippen molar-refractivity contribution in [1.82, 2.24) is 19.8 Å². The first-order chi connectivity index (χ1) is 13.7. The maximum atomic E-state index is 11.9. The number of halogens is 3.